The van der Waals surface area contributed by atoms with Crippen LogP contribution in [0.25, 0.3) is 0 Å². The van der Waals surface area contributed by atoms with Gasteiger partial charge in [-0.15, -0.1) is 11.3 Å². The molecule has 0 radical (unpaired) electrons. The third-order valence-electron chi connectivity index (χ3n) is 2.54. The van der Waals surface area contributed by atoms with Crippen molar-refractivity contribution in [2.45, 2.75) is 25.2 Å². The van der Waals surface area contributed by atoms with Gasteiger partial charge in [0.15, 0.2) is 0 Å². The zero-order valence-corrected chi connectivity index (χ0v) is 8.34. The molecule has 0 saturated heterocycles. The second-order valence-electron chi connectivity index (χ2n) is 3.46. The first-order valence-corrected chi connectivity index (χ1v) is 5.41. The van der Waals surface area contributed by atoms with Crippen LogP contribution in [0.15, 0.2) is 11.4 Å². The Morgan fingerprint density at radius 2 is 2.36 bits per heavy atom. The van der Waals surface area contributed by atoms with Gasteiger partial charge in [0, 0.05) is 12.3 Å². The van der Waals surface area contributed by atoms with Crippen molar-refractivity contribution in [2.75, 3.05) is 0 Å². The van der Waals surface area contributed by atoms with Crippen LogP contribution in [0.3, 0.4) is 0 Å². The van der Waals surface area contributed by atoms with E-state index in [9.17, 15) is 9.59 Å². The number of carboxylic acids is 1. The van der Waals surface area contributed by atoms with E-state index in [1.54, 1.807) is 11.4 Å². The molecule has 1 N–H and O–H groups in total. The lowest BCUT2D eigenvalue weighted by molar-refractivity contribution is -0.118. The highest BCUT2D eigenvalue weighted by atomic mass is 32.1. The van der Waals surface area contributed by atoms with Crippen LogP contribution in [0, 0.1) is 0 Å². The van der Waals surface area contributed by atoms with Crippen LogP contribution < -0.4 is 0 Å². The van der Waals surface area contributed by atoms with Gasteiger partial charge in [-0.3, -0.25) is 4.79 Å². The second kappa shape index (κ2) is 3.53. The fraction of sp³-hybridized carbons (Fsp3) is 0.400. The third kappa shape index (κ3) is 1.57. The molecule has 1 saturated carbocycles. The first kappa shape index (κ1) is 9.40. The fourth-order valence-corrected chi connectivity index (χ4v) is 2.61. The molecule has 1 atom stereocenters. The average Bonchev–Trinajstić information content (AvgIpc) is 2.71. The van der Waals surface area contributed by atoms with E-state index in [0.717, 1.165) is 18.4 Å². The van der Waals surface area contributed by atoms with Gasteiger partial charge in [0.25, 0.3) is 0 Å². The lowest BCUT2D eigenvalue weighted by Crippen LogP contribution is -2.02. The van der Waals surface area contributed by atoms with Crippen LogP contribution in [0.5, 0.6) is 0 Å². The number of Topliss-reactive ketones (excluding diaryl/α,β-unsaturated/α-hetero) is 1. The molecule has 0 amide bonds. The molecule has 1 heterocycles. The van der Waals surface area contributed by atoms with Gasteiger partial charge in [-0.25, -0.2) is 4.79 Å². The highest BCUT2D eigenvalue weighted by Crippen LogP contribution is 2.33. The predicted octanol–water partition coefficient (Wildman–Crippen LogP) is 2.28. The minimum atomic E-state index is -0.910. The maximum absolute atomic E-state index is 11.4. The molecule has 3 nitrogen and oxygen atoms in total. The van der Waals surface area contributed by atoms with Crippen molar-refractivity contribution in [3.8, 4) is 0 Å². The molecular formula is C10H10O3S. The molecule has 1 aromatic heterocycles. The quantitative estimate of drug-likeness (QED) is 0.814. The molecule has 1 unspecified atom stereocenters. The van der Waals surface area contributed by atoms with E-state index in [2.05, 4.69) is 0 Å². The van der Waals surface area contributed by atoms with Crippen LogP contribution in [0.1, 0.15) is 40.4 Å². The number of aromatic carboxylic acids is 1. The third-order valence-corrected chi connectivity index (χ3v) is 3.47. The topological polar surface area (TPSA) is 54.4 Å². The van der Waals surface area contributed by atoms with E-state index >= 15 is 0 Å². The van der Waals surface area contributed by atoms with Crippen molar-refractivity contribution in [1.29, 1.82) is 0 Å². The minimum absolute atomic E-state index is 0.0423. The summed E-state index contributed by atoms with van der Waals surface area (Å²) in [6.07, 6.45) is 2.44. The van der Waals surface area contributed by atoms with Crippen molar-refractivity contribution >= 4 is 23.1 Å². The number of carboxylic acid groups (broad SMARTS) is 1. The zero-order chi connectivity index (χ0) is 10.1. The Kier molecular flexibility index (Phi) is 2.37. The number of ketones is 1. The molecule has 1 aliphatic carbocycles. The Bertz CT molecular complexity index is 380. The van der Waals surface area contributed by atoms with Gasteiger partial charge in [0.05, 0.1) is 0 Å². The van der Waals surface area contributed by atoms with E-state index in [1.165, 1.54) is 11.3 Å². The summed E-state index contributed by atoms with van der Waals surface area (Å²) in [6, 6.07) is 1.63. The molecule has 4 heteroatoms. The Morgan fingerprint density at radius 3 is 2.86 bits per heavy atom. The summed E-state index contributed by atoms with van der Waals surface area (Å²) in [4.78, 5) is 22.4. The van der Waals surface area contributed by atoms with Gasteiger partial charge in [0.1, 0.15) is 10.7 Å². The summed E-state index contributed by atoms with van der Waals surface area (Å²) in [5, 5.41) is 10.5. The maximum atomic E-state index is 11.4. The summed E-state index contributed by atoms with van der Waals surface area (Å²) in [5.41, 5.74) is 0.884. The van der Waals surface area contributed by atoms with Crippen molar-refractivity contribution < 1.29 is 14.7 Å². The van der Waals surface area contributed by atoms with Crippen molar-refractivity contribution in [2.24, 2.45) is 0 Å². The van der Waals surface area contributed by atoms with Crippen molar-refractivity contribution in [3.05, 3.63) is 21.9 Å². The zero-order valence-electron chi connectivity index (χ0n) is 7.53. The largest absolute Gasteiger partial charge is 0.477 e. The Hall–Kier alpha value is -1.16. The second-order valence-corrected chi connectivity index (χ2v) is 4.37. The molecule has 0 aliphatic heterocycles. The van der Waals surface area contributed by atoms with Crippen molar-refractivity contribution in [3.63, 3.8) is 0 Å². The number of rotatable bonds is 2. The first-order valence-electron chi connectivity index (χ1n) is 4.53. The minimum Gasteiger partial charge on any atom is -0.477 e. The first-order chi connectivity index (χ1) is 6.68. The molecule has 14 heavy (non-hydrogen) atoms. The number of carbonyl (C=O) groups is 2. The molecule has 1 aromatic rings. The smallest absolute Gasteiger partial charge is 0.345 e. The normalized spacial score (nSPS) is 21.4. The fourth-order valence-electron chi connectivity index (χ4n) is 1.81. The molecule has 0 aromatic carbocycles. The molecular weight excluding hydrogens is 200 g/mol. The van der Waals surface area contributed by atoms with Crippen molar-refractivity contribution in [1.82, 2.24) is 0 Å². The van der Waals surface area contributed by atoms with Crippen LogP contribution in [-0.2, 0) is 4.79 Å². The monoisotopic (exact) mass is 210 g/mol. The van der Waals surface area contributed by atoms with Crippen LogP contribution in [-0.4, -0.2) is 16.9 Å². The lowest BCUT2D eigenvalue weighted by Gasteiger charge is -2.02. The van der Waals surface area contributed by atoms with Gasteiger partial charge in [-0.05, 0) is 29.9 Å². The van der Waals surface area contributed by atoms with E-state index in [4.69, 9.17) is 5.11 Å². The Labute approximate surface area is 85.4 Å². The molecule has 0 bridgehead atoms. The van der Waals surface area contributed by atoms with Crippen LogP contribution in [0.2, 0.25) is 0 Å². The van der Waals surface area contributed by atoms with E-state index in [1.807, 2.05) is 0 Å². The standard InChI is InChI=1S/C10H10O3S/c11-8-3-1-2-7(8)6-4-9(10(12)13)14-5-6/h4-5,7H,1-3H2,(H,12,13). The number of thiophene rings is 1. The van der Waals surface area contributed by atoms with E-state index < -0.39 is 5.97 Å². The maximum Gasteiger partial charge on any atom is 0.345 e. The van der Waals surface area contributed by atoms with Gasteiger partial charge in [-0.2, -0.15) is 0 Å². The summed E-state index contributed by atoms with van der Waals surface area (Å²) in [7, 11) is 0. The highest BCUT2D eigenvalue weighted by molar-refractivity contribution is 7.12. The lowest BCUT2D eigenvalue weighted by atomic mass is 10.00. The summed E-state index contributed by atoms with van der Waals surface area (Å²) in [6.45, 7) is 0. The number of carbonyl (C=O) groups excluding carboxylic acids is 1. The molecule has 2 rings (SSSR count). The van der Waals surface area contributed by atoms with E-state index in [-0.39, 0.29) is 11.7 Å². The van der Waals surface area contributed by atoms with Gasteiger partial charge in [-0.1, -0.05) is 0 Å². The Balaban J connectivity index is 2.24. The van der Waals surface area contributed by atoms with Gasteiger partial charge < -0.3 is 5.11 Å². The van der Waals surface area contributed by atoms with Gasteiger partial charge in [0.2, 0.25) is 0 Å². The Morgan fingerprint density at radius 1 is 1.57 bits per heavy atom. The molecule has 74 valence electrons. The predicted molar refractivity (Wildman–Crippen MR) is 52.9 cm³/mol. The summed E-state index contributed by atoms with van der Waals surface area (Å²) >= 11 is 1.19. The van der Waals surface area contributed by atoms with Crippen LogP contribution in [0.4, 0.5) is 0 Å². The molecule has 0 spiro atoms. The SMILES string of the molecule is O=C(O)c1cc(C2CCCC2=O)cs1. The summed E-state index contributed by atoms with van der Waals surface area (Å²) < 4.78 is 0. The van der Waals surface area contributed by atoms with E-state index in [0.29, 0.717) is 11.3 Å². The van der Waals surface area contributed by atoms with Gasteiger partial charge >= 0.3 is 5.97 Å². The number of hydrogen-bond acceptors (Lipinski definition) is 3. The average molecular weight is 210 g/mol. The van der Waals surface area contributed by atoms with Crippen LogP contribution >= 0.6 is 11.3 Å². The highest BCUT2D eigenvalue weighted by Gasteiger charge is 2.27. The summed E-state index contributed by atoms with van der Waals surface area (Å²) in [5.74, 6) is -0.703. The molecule has 1 aliphatic rings. The molecule has 1 fully saturated rings. The number of hydrogen-bond donors (Lipinski definition) is 1.